The van der Waals surface area contributed by atoms with Gasteiger partial charge in [0.15, 0.2) is 19.7 Å². The van der Waals surface area contributed by atoms with E-state index < -0.39 is 43.9 Å². The van der Waals surface area contributed by atoms with E-state index in [9.17, 15) is 26.4 Å². The van der Waals surface area contributed by atoms with Crippen molar-refractivity contribution in [2.45, 2.75) is 24.9 Å². The molecule has 2 atom stereocenters. The van der Waals surface area contributed by atoms with Gasteiger partial charge in [0.05, 0.1) is 23.0 Å². The summed E-state index contributed by atoms with van der Waals surface area (Å²) in [5, 5.41) is 8.34. The number of benzene rings is 4. The Hall–Kier alpha value is -4.16. The van der Waals surface area contributed by atoms with Crippen LogP contribution in [-0.4, -0.2) is 64.1 Å². The Labute approximate surface area is 242 Å². The van der Waals surface area contributed by atoms with Gasteiger partial charge in [-0.3, -0.25) is 0 Å². The summed E-state index contributed by atoms with van der Waals surface area (Å²) in [6.45, 7) is 0. The molecule has 4 aromatic rings. The van der Waals surface area contributed by atoms with Gasteiger partial charge in [-0.05, 0) is 46.9 Å². The molecule has 0 aromatic heterocycles. The number of carbonyl (C=O) groups is 2. The maximum Gasteiger partial charge on any atom is 0.412 e. The molecular formula is C30H28N2O8S2. The molecule has 2 fully saturated rings. The molecular weight excluding hydrogens is 580 g/mol. The van der Waals surface area contributed by atoms with E-state index in [1.165, 1.54) is 0 Å². The molecule has 42 heavy (non-hydrogen) atoms. The molecule has 0 aliphatic carbocycles. The van der Waals surface area contributed by atoms with Crippen molar-refractivity contribution in [3.05, 3.63) is 72.8 Å². The lowest BCUT2D eigenvalue weighted by Gasteiger charge is -2.16. The van der Waals surface area contributed by atoms with E-state index in [2.05, 4.69) is 10.6 Å². The van der Waals surface area contributed by atoms with Crippen molar-refractivity contribution in [2.24, 2.45) is 0 Å². The van der Waals surface area contributed by atoms with E-state index in [1.807, 2.05) is 60.7 Å². The Morgan fingerprint density at radius 3 is 1.31 bits per heavy atom. The smallest absolute Gasteiger partial charge is 0.410 e. The van der Waals surface area contributed by atoms with Gasteiger partial charge < -0.3 is 20.1 Å². The van der Waals surface area contributed by atoms with E-state index in [0.29, 0.717) is 35.1 Å². The minimum Gasteiger partial charge on any atom is -0.410 e. The SMILES string of the molecule is O=C(NC1CCS(=O)(=O)C1)Oc1ccc(-c2ccc(OC(=O)NC3CCS(=O)(=O)C3)c3ccccc23)c2ccccc12. The molecule has 2 aliphatic heterocycles. The third kappa shape index (κ3) is 5.90. The lowest BCUT2D eigenvalue weighted by Crippen LogP contribution is -2.37. The molecule has 0 saturated carbocycles. The standard InChI is InChI=1S/C30H28N2O8S2/c33-29(31-19-13-15-41(35,36)17-19)39-27-11-9-23(21-5-1-3-7-25(21)27)24-10-12-28(26-8-4-2-6-22(24)26)40-30(34)32-20-14-16-42(37,38)18-20/h1-12,19-20H,13-18H2,(H,31,33)(H,32,34). The number of hydrogen-bond acceptors (Lipinski definition) is 8. The van der Waals surface area contributed by atoms with Crippen LogP contribution in [0.1, 0.15) is 12.8 Å². The van der Waals surface area contributed by atoms with Crippen molar-refractivity contribution in [3.8, 4) is 22.6 Å². The fourth-order valence-corrected chi connectivity index (χ4v) is 8.95. The Bertz CT molecular complexity index is 1800. The number of sulfone groups is 2. The minimum absolute atomic E-state index is 0.0445. The largest absolute Gasteiger partial charge is 0.412 e. The monoisotopic (exact) mass is 608 g/mol. The Morgan fingerprint density at radius 1 is 0.571 bits per heavy atom. The Balaban J connectivity index is 1.28. The molecule has 2 N–H and O–H groups in total. The van der Waals surface area contributed by atoms with Gasteiger partial charge in [-0.25, -0.2) is 26.4 Å². The van der Waals surface area contributed by atoms with Crippen LogP contribution in [0.15, 0.2) is 72.8 Å². The summed E-state index contributed by atoms with van der Waals surface area (Å²) in [5.74, 6) is 0.563. The van der Waals surface area contributed by atoms with Crippen LogP contribution < -0.4 is 20.1 Å². The molecule has 0 spiro atoms. The third-order valence-electron chi connectivity index (χ3n) is 7.57. The highest BCUT2D eigenvalue weighted by Crippen LogP contribution is 2.40. The number of carbonyl (C=O) groups excluding carboxylic acids is 2. The molecule has 2 heterocycles. The third-order valence-corrected chi connectivity index (χ3v) is 11.1. The summed E-state index contributed by atoms with van der Waals surface area (Å²) < 4.78 is 58.2. The van der Waals surface area contributed by atoms with Crippen LogP contribution in [0.5, 0.6) is 11.5 Å². The van der Waals surface area contributed by atoms with Gasteiger partial charge in [0.1, 0.15) is 11.5 Å². The molecule has 2 aliphatic rings. The van der Waals surface area contributed by atoms with Crippen molar-refractivity contribution < 1.29 is 35.9 Å². The fraction of sp³-hybridized carbons (Fsp3) is 0.267. The highest BCUT2D eigenvalue weighted by atomic mass is 32.2. The van der Waals surface area contributed by atoms with Crippen molar-refractivity contribution in [2.75, 3.05) is 23.0 Å². The zero-order valence-electron chi connectivity index (χ0n) is 22.4. The second kappa shape index (κ2) is 10.9. The highest BCUT2D eigenvalue weighted by Gasteiger charge is 2.30. The predicted octanol–water partition coefficient (Wildman–Crippen LogP) is 4.21. The number of fused-ring (bicyclic) bond motifs is 2. The van der Waals surface area contributed by atoms with E-state index in [0.717, 1.165) is 21.9 Å². The number of hydrogen-bond donors (Lipinski definition) is 2. The first-order valence-electron chi connectivity index (χ1n) is 13.5. The lowest BCUT2D eigenvalue weighted by atomic mass is 9.93. The molecule has 4 aromatic carbocycles. The summed E-state index contributed by atoms with van der Waals surface area (Å²) in [6, 6.07) is 21.1. The van der Waals surface area contributed by atoms with Crippen LogP contribution in [0.2, 0.25) is 0 Å². The summed E-state index contributed by atoms with van der Waals surface area (Å²) in [7, 11) is -6.29. The molecule has 6 rings (SSSR count). The summed E-state index contributed by atoms with van der Waals surface area (Å²) >= 11 is 0. The zero-order chi connectivity index (χ0) is 29.5. The van der Waals surface area contributed by atoms with Crippen molar-refractivity contribution in [1.29, 1.82) is 0 Å². The van der Waals surface area contributed by atoms with Crippen molar-refractivity contribution in [3.63, 3.8) is 0 Å². The Morgan fingerprint density at radius 2 is 0.952 bits per heavy atom. The lowest BCUT2D eigenvalue weighted by molar-refractivity contribution is 0.196. The molecule has 218 valence electrons. The Kier molecular flexibility index (Phi) is 7.27. The zero-order valence-corrected chi connectivity index (χ0v) is 24.0. The van der Waals surface area contributed by atoms with Gasteiger partial charge >= 0.3 is 12.2 Å². The quantitative estimate of drug-likeness (QED) is 0.343. The molecule has 2 saturated heterocycles. The van der Waals surface area contributed by atoms with Gasteiger partial charge in [0.25, 0.3) is 0 Å². The van der Waals surface area contributed by atoms with Crippen molar-refractivity contribution in [1.82, 2.24) is 10.6 Å². The maximum atomic E-state index is 12.6. The molecule has 0 bridgehead atoms. The van der Waals surface area contributed by atoms with Crippen LogP contribution in [0.3, 0.4) is 0 Å². The van der Waals surface area contributed by atoms with Crippen LogP contribution in [0.25, 0.3) is 32.7 Å². The molecule has 10 nitrogen and oxygen atoms in total. The van der Waals surface area contributed by atoms with Gasteiger partial charge in [0.2, 0.25) is 0 Å². The predicted molar refractivity (Wildman–Crippen MR) is 159 cm³/mol. The average Bonchev–Trinajstić information content (AvgIpc) is 3.48. The molecule has 2 unspecified atom stereocenters. The number of nitrogens with one attached hydrogen (secondary N) is 2. The van der Waals surface area contributed by atoms with Gasteiger partial charge in [-0.1, -0.05) is 60.7 Å². The van der Waals surface area contributed by atoms with E-state index in [1.54, 1.807) is 12.1 Å². The summed E-state index contributed by atoms with van der Waals surface area (Å²) in [4.78, 5) is 25.2. The fourth-order valence-electron chi connectivity index (χ4n) is 5.60. The van der Waals surface area contributed by atoms with Crippen LogP contribution in [0, 0.1) is 0 Å². The van der Waals surface area contributed by atoms with Gasteiger partial charge in [-0.2, -0.15) is 0 Å². The summed E-state index contributed by atoms with van der Waals surface area (Å²) in [5.41, 5.74) is 1.73. The first-order valence-corrected chi connectivity index (χ1v) is 17.1. The second-order valence-corrected chi connectivity index (χ2v) is 15.0. The normalized spacial score (nSPS) is 20.8. The van der Waals surface area contributed by atoms with Crippen molar-refractivity contribution >= 4 is 53.4 Å². The van der Waals surface area contributed by atoms with Crippen LogP contribution in [0.4, 0.5) is 9.59 Å². The van der Waals surface area contributed by atoms with E-state index >= 15 is 0 Å². The molecule has 2 amide bonds. The molecule has 12 heteroatoms. The van der Waals surface area contributed by atoms with E-state index in [4.69, 9.17) is 9.47 Å². The number of rotatable bonds is 5. The number of amides is 2. The first kappa shape index (κ1) is 28.0. The van der Waals surface area contributed by atoms with Gasteiger partial charge in [0, 0.05) is 22.9 Å². The van der Waals surface area contributed by atoms with Crippen LogP contribution in [-0.2, 0) is 19.7 Å². The van der Waals surface area contributed by atoms with Gasteiger partial charge in [-0.15, -0.1) is 0 Å². The highest BCUT2D eigenvalue weighted by molar-refractivity contribution is 7.91. The minimum atomic E-state index is -3.15. The number of ether oxygens (including phenoxy) is 2. The first-order chi connectivity index (χ1) is 20.1. The molecule has 0 radical (unpaired) electrons. The van der Waals surface area contributed by atoms with Crippen LogP contribution >= 0.6 is 0 Å². The maximum absolute atomic E-state index is 12.6. The average molecular weight is 609 g/mol. The second-order valence-electron chi connectivity index (χ2n) is 10.6. The topological polar surface area (TPSA) is 145 Å². The van der Waals surface area contributed by atoms with E-state index in [-0.39, 0.29) is 23.0 Å². The summed E-state index contributed by atoms with van der Waals surface area (Å²) in [6.07, 6.45) is -0.715.